The topological polar surface area (TPSA) is 9.23 Å². The fraction of sp³-hybridized carbons (Fsp3) is 0.733. The van der Waals surface area contributed by atoms with Gasteiger partial charge in [-0.3, -0.25) is 0 Å². The first-order valence-corrected chi connectivity index (χ1v) is 10.2. The van der Waals surface area contributed by atoms with Crippen molar-refractivity contribution in [3.05, 3.63) is 24.0 Å². The van der Waals surface area contributed by atoms with Gasteiger partial charge in [0.25, 0.3) is 0 Å². The summed E-state index contributed by atoms with van der Waals surface area (Å²) in [5, 5.41) is 0. The number of hydrogen-bond acceptors (Lipinski definition) is 1. The SMILES string of the molecule is C=CCCC1(C)CCCC(O[Si](C)(C)C)=C1C. The average molecular weight is 252 g/mol. The summed E-state index contributed by atoms with van der Waals surface area (Å²) in [6, 6.07) is 0. The Hall–Kier alpha value is -0.503. The maximum absolute atomic E-state index is 6.26. The molecule has 0 N–H and O–H groups in total. The molecule has 0 fully saturated rings. The minimum Gasteiger partial charge on any atom is -0.547 e. The maximum Gasteiger partial charge on any atom is 0.241 e. The summed E-state index contributed by atoms with van der Waals surface area (Å²) in [5.74, 6) is 1.29. The van der Waals surface area contributed by atoms with Crippen LogP contribution < -0.4 is 0 Å². The third kappa shape index (κ3) is 4.02. The van der Waals surface area contributed by atoms with Gasteiger partial charge in [-0.05, 0) is 63.2 Å². The van der Waals surface area contributed by atoms with Crippen molar-refractivity contribution in [2.75, 3.05) is 0 Å². The molecule has 0 aromatic rings. The molecule has 98 valence electrons. The van der Waals surface area contributed by atoms with Gasteiger partial charge in [0.05, 0.1) is 5.76 Å². The Kier molecular flexibility index (Phi) is 4.65. The van der Waals surface area contributed by atoms with Gasteiger partial charge in [-0.25, -0.2) is 0 Å². The first-order chi connectivity index (χ1) is 7.78. The lowest BCUT2D eigenvalue weighted by Crippen LogP contribution is -2.30. The van der Waals surface area contributed by atoms with E-state index in [-0.39, 0.29) is 0 Å². The van der Waals surface area contributed by atoms with Gasteiger partial charge >= 0.3 is 0 Å². The van der Waals surface area contributed by atoms with E-state index in [1.54, 1.807) is 0 Å². The van der Waals surface area contributed by atoms with Crippen LogP contribution in [0.3, 0.4) is 0 Å². The second kappa shape index (κ2) is 5.43. The lowest BCUT2D eigenvalue weighted by molar-refractivity contribution is 0.260. The van der Waals surface area contributed by atoms with Crippen molar-refractivity contribution in [3.8, 4) is 0 Å². The minimum atomic E-state index is -1.46. The predicted molar refractivity (Wildman–Crippen MR) is 78.5 cm³/mol. The summed E-state index contributed by atoms with van der Waals surface area (Å²) in [5.41, 5.74) is 1.83. The van der Waals surface area contributed by atoms with Gasteiger partial charge in [0, 0.05) is 6.42 Å². The molecule has 1 aliphatic rings. The predicted octanol–water partition coefficient (Wildman–Crippen LogP) is 5.27. The highest BCUT2D eigenvalue weighted by molar-refractivity contribution is 6.70. The lowest BCUT2D eigenvalue weighted by atomic mass is 9.71. The summed E-state index contributed by atoms with van der Waals surface area (Å²) in [4.78, 5) is 0. The van der Waals surface area contributed by atoms with Crippen molar-refractivity contribution in [1.29, 1.82) is 0 Å². The molecule has 0 bridgehead atoms. The molecule has 0 aromatic heterocycles. The second-order valence-corrected chi connectivity index (χ2v) is 10.9. The molecule has 2 heteroatoms. The van der Waals surface area contributed by atoms with Crippen molar-refractivity contribution in [2.45, 2.75) is 65.6 Å². The van der Waals surface area contributed by atoms with Crippen molar-refractivity contribution < 1.29 is 4.43 Å². The highest BCUT2D eigenvalue weighted by atomic mass is 28.4. The summed E-state index contributed by atoms with van der Waals surface area (Å²) in [6.07, 6.45) is 8.05. The van der Waals surface area contributed by atoms with Gasteiger partial charge in [0.2, 0.25) is 8.32 Å². The molecule has 17 heavy (non-hydrogen) atoms. The summed E-state index contributed by atoms with van der Waals surface area (Å²) >= 11 is 0. The molecule has 1 aliphatic carbocycles. The van der Waals surface area contributed by atoms with Crippen LogP contribution in [0.15, 0.2) is 24.0 Å². The molecule has 0 heterocycles. The Morgan fingerprint density at radius 1 is 1.41 bits per heavy atom. The van der Waals surface area contributed by atoms with Gasteiger partial charge < -0.3 is 4.43 Å². The van der Waals surface area contributed by atoms with Crippen LogP contribution in [-0.2, 0) is 4.43 Å². The quantitative estimate of drug-likeness (QED) is 0.478. The highest BCUT2D eigenvalue weighted by Crippen LogP contribution is 2.44. The largest absolute Gasteiger partial charge is 0.547 e. The zero-order valence-electron chi connectivity index (χ0n) is 12.2. The van der Waals surface area contributed by atoms with Crippen molar-refractivity contribution in [1.82, 2.24) is 0 Å². The fourth-order valence-electron chi connectivity index (χ4n) is 2.58. The van der Waals surface area contributed by atoms with Crippen LogP contribution >= 0.6 is 0 Å². The van der Waals surface area contributed by atoms with E-state index in [9.17, 15) is 0 Å². The van der Waals surface area contributed by atoms with E-state index >= 15 is 0 Å². The standard InChI is InChI=1S/C15H28OSi/c1-7-8-11-15(3)12-9-10-14(13(15)2)16-17(4,5)6/h7H,1,8-12H2,2-6H3. The van der Waals surface area contributed by atoms with E-state index in [2.05, 4.69) is 40.1 Å². The first-order valence-electron chi connectivity index (χ1n) is 6.79. The van der Waals surface area contributed by atoms with Crippen molar-refractivity contribution in [3.63, 3.8) is 0 Å². The highest BCUT2D eigenvalue weighted by Gasteiger charge is 2.33. The van der Waals surface area contributed by atoms with E-state index in [0.717, 1.165) is 12.8 Å². The molecule has 0 amide bonds. The Morgan fingerprint density at radius 2 is 2.06 bits per heavy atom. The monoisotopic (exact) mass is 252 g/mol. The normalized spacial score (nSPS) is 25.9. The second-order valence-electron chi connectivity index (χ2n) is 6.50. The van der Waals surface area contributed by atoms with Gasteiger partial charge in [0.1, 0.15) is 0 Å². The summed E-state index contributed by atoms with van der Waals surface area (Å²) in [7, 11) is -1.46. The molecule has 0 aliphatic heterocycles. The van der Waals surface area contributed by atoms with Crippen LogP contribution in [0.4, 0.5) is 0 Å². The molecule has 1 atom stereocenters. The summed E-state index contributed by atoms with van der Waals surface area (Å²) < 4.78 is 6.26. The fourth-order valence-corrected chi connectivity index (χ4v) is 3.58. The van der Waals surface area contributed by atoms with Gasteiger partial charge in [0.15, 0.2) is 0 Å². The lowest BCUT2D eigenvalue weighted by Gasteiger charge is -2.38. The van der Waals surface area contributed by atoms with E-state index in [1.165, 1.54) is 30.6 Å². The molecule has 1 unspecified atom stereocenters. The van der Waals surface area contributed by atoms with Crippen LogP contribution in [0.1, 0.15) is 46.0 Å². The number of rotatable bonds is 5. The molecule has 0 aromatic carbocycles. The van der Waals surface area contributed by atoms with Crippen LogP contribution in [0, 0.1) is 5.41 Å². The zero-order valence-corrected chi connectivity index (χ0v) is 13.2. The van der Waals surface area contributed by atoms with E-state index in [0.29, 0.717) is 5.41 Å². The number of hydrogen-bond donors (Lipinski definition) is 0. The minimum absolute atomic E-state index is 0.335. The van der Waals surface area contributed by atoms with Crippen LogP contribution in [0.2, 0.25) is 19.6 Å². The Balaban J connectivity index is 2.87. The third-order valence-electron chi connectivity index (χ3n) is 3.79. The van der Waals surface area contributed by atoms with E-state index in [4.69, 9.17) is 4.43 Å². The molecule has 0 saturated carbocycles. The van der Waals surface area contributed by atoms with Gasteiger partial charge in [-0.15, -0.1) is 6.58 Å². The third-order valence-corrected chi connectivity index (χ3v) is 4.64. The maximum atomic E-state index is 6.26. The Labute approximate surface area is 108 Å². The average Bonchev–Trinajstić information content (AvgIpc) is 2.21. The summed E-state index contributed by atoms with van der Waals surface area (Å²) in [6.45, 7) is 15.3. The van der Waals surface area contributed by atoms with Gasteiger partial charge in [-0.1, -0.05) is 13.0 Å². The molecule has 0 saturated heterocycles. The molecular formula is C15H28OSi. The van der Waals surface area contributed by atoms with Crippen LogP contribution in [0.25, 0.3) is 0 Å². The van der Waals surface area contributed by atoms with Gasteiger partial charge in [-0.2, -0.15) is 0 Å². The van der Waals surface area contributed by atoms with Crippen LogP contribution in [-0.4, -0.2) is 8.32 Å². The molecule has 0 spiro atoms. The van der Waals surface area contributed by atoms with E-state index in [1.807, 2.05) is 6.08 Å². The Bertz CT molecular complexity index is 311. The number of allylic oxidation sites excluding steroid dienone is 3. The smallest absolute Gasteiger partial charge is 0.241 e. The van der Waals surface area contributed by atoms with Crippen LogP contribution in [0.5, 0.6) is 0 Å². The Morgan fingerprint density at radius 3 is 2.59 bits per heavy atom. The first kappa shape index (κ1) is 14.6. The van der Waals surface area contributed by atoms with Crippen molar-refractivity contribution >= 4 is 8.32 Å². The van der Waals surface area contributed by atoms with E-state index < -0.39 is 8.32 Å². The molecule has 1 rings (SSSR count). The molecular weight excluding hydrogens is 224 g/mol. The zero-order chi connectivity index (χ0) is 13.1. The van der Waals surface area contributed by atoms with Crippen molar-refractivity contribution in [2.24, 2.45) is 5.41 Å². The molecule has 1 nitrogen and oxygen atoms in total. The molecule has 0 radical (unpaired) electrons.